The zero-order chi connectivity index (χ0) is 24.7. The van der Waals surface area contributed by atoms with E-state index >= 15 is 0 Å². The van der Waals surface area contributed by atoms with Crippen molar-refractivity contribution in [3.63, 3.8) is 0 Å². The molecule has 0 bridgehead atoms. The fourth-order valence-corrected chi connectivity index (χ4v) is 3.96. The first kappa shape index (κ1) is 23.4. The number of rotatable bonds is 10. The summed E-state index contributed by atoms with van der Waals surface area (Å²) in [5.74, 6) is 0.523. The number of carbonyl (C=O) groups excluding carboxylic acids is 1. The first-order valence-corrected chi connectivity index (χ1v) is 11.7. The van der Waals surface area contributed by atoms with Gasteiger partial charge in [0.05, 0.1) is 23.3 Å². The Morgan fingerprint density at radius 3 is 2.61 bits per heavy atom. The molecule has 2 aromatic carbocycles. The van der Waals surface area contributed by atoms with Crippen LogP contribution in [0.3, 0.4) is 0 Å². The van der Waals surface area contributed by atoms with Gasteiger partial charge in [-0.1, -0.05) is 30.3 Å². The number of carbonyl (C=O) groups is 1. The maximum Gasteiger partial charge on any atom is 0.273 e. The Morgan fingerprint density at radius 2 is 1.75 bits per heavy atom. The monoisotopic (exact) mass is 484 g/mol. The Labute approximate surface area is 207 Å². The predicted molar refractivity (Wildman–Crippen MR) is 133 cm³/mol. The number of halogens is 1. The minimum absolute atomic E-state index is 0.0248. The van der Waals surface area contributed by atoms with Crippen LogP contribution in [0, 0.1) is 5.82 Å². The Balaban J connectivity index is 1.13. The number of imidazole rings is 1. The summed E-state index contributed by atoms with van der Waals surface area (Å²) in [7, 11) is 0. The summed E-state index contributed by atoms with van der Waals surface area (Å²) >= 11 is 0. The van der Waals surface area contributed by atoms with Crippen molar-refractivity contribution in [1.29, 1.82) is 0 Å². The van der Waals surface area contributed by atoms with Crippen molar-refractivity contribution in [1.82, 2.24) is 30.2 Å². The van der Waals surface area contributed by atoms with Gasteiger partial charge in [-0.15, -0.1) is 0 Å². The highest BCUT2D eigenvalue weighted by molar-refractivity contribution is 5.91. The number of aromatic nitrogens is 4. The number of hydrogen-bond donors (Lipinski definition) is 2. The number of oxazole rings is 1. The number of fused-ring (bicyclic) bond motifs is 1. The minimum Gasteiger partial charge on any atom is -0.448 e. The normalized spacial score (nSPS) is 11.1. The summed E-state index contributed by atoms with van der Waals surface area (Å²) in [6.45, 7) is 1.33. The van der Waals surface area contributed by atoms with Crippen LogP contribution >= 0.6 is 0 Å². The number of amides is 1. The molecule has 5 rings (SSSR count). The van der Waals surface area contributed by atoms with Crippen molar-refractivity contribution in [3.05, 3.63) is 108 Å². The topological polar surface area (TPSA) is 97.9 Å². The second-order valence-electron chi connectivity index (χ2n) is 8.18. The largest absolute Gasteiger partial charge is 0.448 e. The fraction of sp³-hybridized carbons (Fsp3) is 0.185. The van der Waals surface area contributed by atoms with E-state index in [1.807, 2.05) is 36.4 Å². The van der Waals surface area contributed by atoms with E-state index in [4.69, 9.17) is 9.40 Å². The van der Waals surface area contributed by atoms with E-state index in [2.05, 4.69) is 43.4 Å². The third kappa shape index (κ3) is 5.31. The number of nitrogens with one attached hydrogen (secondary N) is 2. The molecule has 0 atom stereocenters. The highest BCUT2D eigenvalue weighted by Gasteiger charge is 2.14. The predicted octanol–water partition coefficient (Wildman–Crippen LogP) is 3.85. The van der Waals surface area contributed by atoms with E-state index in [1.165, 1.54) is 24.6 Å². The van der Waals surface area contributed by atoms with Crippen LogP contribution in [0.1, 0.15) is 27.9 Å². The molecule has 0 aliphatic rings. The lowest BCUT2D eigenvalue weighted by Gasteiger charge is -2.09. The van der Waals surface area contributed by atoms with Crippen molar-refractivity contribution >= 4 is 16.9 Å². The summed E-state index contributed by atoms with van der Waals surface area (Å²) < 4.78 is 21.3. The Bertz CT molecular complexity index is 1460. The van der Waals surface area contributed by atoms with Crippen molar-refractivity contribution in [2.75, 3.05) is 13.1 Å². The molecule has 1 amide bonds. The van der Waals surface area contributed by atoms with E-state index in [0.717, 1.165) is 35.5 Å². The molecular weight excluding hydrogens is 459 g/mol. The zero-order valence-electron chi connectivity index (χ0n) is 19.5. The standard InChI is InChI=1S/C27H25FN6O2/c28-20-9-6-14-30-22(20)17-31-27(35)23-18-36-26(33-23)13-16-29-15-12-25-32-21-10-4-5-11-24(21)34(25)19-7-2-1-3-8-19/h1-11,14,18,29H,12-13,15-17H2,(H,31,35). The van der Waals surface area contributed by atoms with Crippen LogP contribution in [-0.4, -0.2) is 38.5 Å². The summed E-state index contributed by atoms with van der Waals surface area (Å²) in [5.41, 5.74) is 3.44. The summed E-state index contributed by atoms with van der Waals surface area (Å²) in [6, 6.07) is 21.1. The Hall–Kier alpha value is -4.37. The van der Waals surface area contributed by atoms with E-state index in [0.29, 0.717) is 18.9 Å². The molecule has 8 nitrogen and oxygen atoms in total. The van der Waals surface area contributed by atoms with Gasteiger partial charge in [-0.05, 0) is 36.4 Å². The third-order valence-corrected chi connectivity index (χ3v) is 5.72. The van der Waals surface area contributed by atoms with Crippen LogP contribution in [0.15, 0.2) is 83.6 Å². The molecule has 36 heavy (non-hydrogen) atoms. The van der Waals surface area contributed by atoms with Crippen LogP contribution < -0.4 is 10.6 Å². The van der Waals surface area contributed by atoms with Crippen LogP contribution in [0.2, 0.25) is 0 Å². The highest BCUT2D eigenvalue weighted by Crippen LogP contribution is 2.21. The van der Waals surface area contributed by atoms with Crippen molar-refractivity contribution in [2.24, 2.45) is 0 Å². The minimum atomic E-state index is -0.468. The lowest BCUT2D eigenvalue weighted by molar-refractivity contribution is 0.0945. The van der Waals surface area contributed by atoms with Gasteiger partial charge in [0.15, 0.2) is 11.6 Å². The second kappa shape index (κ2) is 10.9. The van der Waals surface area contributed by atoms with Gasteiger partial charge in [-0.3, -0.25) is 14.3 Å². The van der Waals surface area contributed by atoms with Gasteiger partial charge >= 0.3 is 0 Å². The second-order valence-corrected chi connectivity index (χ2v) is 8.18. The van der Waals surface area contributed by atoms with Crippen molar-refractivity contribution < 1.29 is 13.6 Å². The molecule has 182 valence electrons. The summed E-state index contributed by atoms with van der Waals surface area (Å²) in [5, 5.41) is 6.00. The first-order valence-electron chi connectivity index (χ1n) is 11.7. The van der Waals surface area contributed by atoms with Crippen LogP contribution in [0.4, 0.5) is 4.39 Å². The van der Waals surface area contributed by atoms with Crippen LogP contribution in [0.5, 0.6) is 0 Å². The third-order valence-electron chi connectivity index (χ3n) is 5.72. The molecule has 0 saturated carbocycles. The van der Waals surface area contributed by atoms with E-state index in [-0.39, 0.29) is 17.9 Å². The number of para-hydroxylation sites is 3. The van der Waals surface area contributed by atoms with Gasteiger partial charge in [-0.25, -0.2) is 14.4 Å². The molecule has 3 heterocycles. The van der Waals surface area contributed by atoms with Gasteiger partial charge in [0.2, 0.25) is 0 Å². The smallest absolute Gasteiger partial charge is 0.273 e. The summed E-state index contributed by atoms with van der Waals surface area (Å²) in [4.78, 5) is 25.3. The van der Waals surface area contributed by atoms with Gasteiger partial charge < -0.3 is 15.1 Å². The average molecular weight is 485 g/mol. The van der Waals surface area contributed by atoms with Crippen molar-refractivity contribution in [3.8, 4) is 5.69 Å². The molecule has 3 aromatic heterocycles. The van der Waals surface area contributed by atoms with Gasteiger partial charge in [0.1, 0.15) is 17.9 Å². The molecule has 0 saturated heterocycles. The molecular formula is C27H25FN6O2. The molecule has 0 aliphatic carbocycles. The molecule has 5 aromatic rings. The van der Waals surface area contributed by atoms with E-state index in [9.17, 15) is 9.18 Å². The average Bonchev–Trinajstić information content (AvgIpc) is 3.53. The highest BCUT2D eigenvalue weighted by atomic mass is 19.1. The van der Waals surface area contributed by atoms with E-state index < -0.39 is 11.7 Å². The maximum absolute atomic E-state index is 13.7. The van der Waals surface area contributed by atoms with Gasteiger partial charge in [0.25, 0.3) is 5.91 Å². The summed E-state index contributed by atoms with van der Waals surface area (Å²) in [6.07, 6.45) is 4.05. The maximum atomic E-state index is 13.7. The first-order chi connectivity index (χ1) is 17.7. The molecule has 0 spiro atoms. The molecule has 0 radical (unpaired) electrons. The van der Waals surface area contributed by atoms with Crippen molar-refractivity contribution in [2.45, 2.75) is 19.4 Å². The molecule has 0 aliphatic heterocycles. The zero-order valence-corrected chi connectivity index (χ0v) is 19.5. The fourth-order valence-electron chi connectivity index (χ4n) is 3.96. The SMILES string of the molecule is O=C(NCc1ncccc1F)c1coc(CCNCCc2nc3ccccc3n2-c2ccccc2)n1. The molecule has 0 unspecified atom stereocenters. The molecule has 2 N–H and O–H groups in total. The molecule has 9 heteroatoms. The van der Waals surface area contributed by atoms with E-state index in [1.54, 1.807) is 0 Å². The lowest BCUT2D eigenvalue weighted by atomic mass is 10.2. The van der Waals surface area contributed by atoms with Gasteiger partial charge in [0, 0.05) is 37.8 Å². The Morgan fingerprint density at radius 1 is 0.944 bits per heavy atom. The number of benzene rings is 2. The quantitative estimate of drug-likeness (QED) is 0.292. The number of pyridine rings is 1. The van der Waals surface area contributed by atoms with Crippen LogP contribution in [-0.2, 0) is 19.4 Å². The number of nitrogens with zero attached hydrogens (tertiary/aromatic N) is 4. The van der Waals surface area contributed by atoms with Crippen LogP contribution in [0.25, 0.3) is 16.7 Å². The Kier molecular flexibility index (Phi) is 7.09. The number of hydrogen-bond acceptors (Lipinski definition) is 6. The van der Waals surface area contributed by atoms with Gasteiger partial charge in [-0.2, -0.15) is 0 Å². The lowest BCUT2D eigenvalue weighted by Crippen LogP contribution is -2.24. The molecule has 0 fully saturated rings.